The van der Waals surface area contributed by atoms with Crippen LogP contribution in [0.2, 0.25) is 0 Å². The first-order chi connectivity index (χ1) is 15.0. The Morgan fingerprint density at radius 1 is 1.26 bits per heavy atom. The zero-order valence-corrected chi connectivity index (χ0v) is 21.2. The van der Waals surface area contributed by atoms with E-state index in [0.717, 1.165) is 39.8 Å². The molecule has 0 amide bonds. The number of anilines is 1. The van der Waals surface area contributed by atoms with Gasteiger partial charge in [0.1, 0.15) is 10.8 Å². The predicted molar refractivity (Wildman–Crippen MR) is 145 cm³/mol. The summed E-state index contributed by atoms with van der Waals surface area (Å²) >= 11 is 5.15. The van der Waals surface area contributed by atoms with Crippen LogP contribution in [0.5, 0.6) is 0 Å². The van der Waals surface area contributed by atoms with Gasteiger partial charge in [0, 0.05) is 29.3 Å². The highest BCUT2D eigenvalue weighted by Gasteiger charge is 2.13. The van der Waals surface area contributed by atoms with Crippen LogP contribution in [0, 0.1) is 6.92 Å². The second-order valence-corrected chi connectivity index (χ2v) is 9.73. The third-order valence-corrected chi connectivity index (χ3v) is 7.19. The van der Waals surface area contributed by atoms with Crippen LogP contribution in [0.1, 0.15) is 22.9 Å². The lowest BCUT2D eigenvalue weighted by Gasteiger charge is -2.13. The van der Waals surface area contributed by atoms with Crippen LogP contribution >= 0.6 is 38.2 Å². The van der Waals surface area contributed by atoms with Gasteiger partial charge < -0.3 is 15.5 Å². The van der Waals surface area contributed by atoms with Gasteiger partial charge in [-0.1, -0.05) is 58.4 Å². The number of nitrogens with zero attached hydrogens (tertiary/aromatic N) is 2. The molecule has 0 aliphatic carbocycles. The van der Waals surface area contributed by atoms with Gasteiger partial charge in [-0.3, -0.25) is 4.99 Å². The van der Waals surface area contributed by atoms with Gasteiger partial charge in [-0.15, -0.1) is 22.3 Å². The van der Waals surface area contributed by atoms with E-state index in [1.165, 1.54) is 16.0 Å². The minimum Gasteiger partial charge on any atom is -0.358 e. The molecular formula is C24H27BrN4S2. The molecule has 0 saturated heterocycles. The number of thiophene rings is 1. The molecule has 0 radical (unpaired) electrons. The number of nitrogens with one attached hydrogen (secondary N) is 2. The van der Waals surface area contributed by atoms with Gasteiger partial charge in [0.15, 0.2) is 0 Å². The molecule has 2 N–H and O–H groups in total. The van der Waals surface area contributed by atoms with Crippen molar-refractivity contribution in [2.24, 2.45) is 4.99 Å². The summed E-state index contributed by atoms with van der Waals surface area (Å²) in [4.78, 5) is 9.00. The van der Waals surface area contributed by atoms with Crippen molar-refractivity contribution in [1.82, 2.24) is 10.2 Å². The molecule has 1 aromatic heterocycles. The van der Waals surface area contributed by atoms with Crippen LogP contribution in [-0.4, -0.2) is 41.4 Å². The van der Waals surface area contributed by atoms with Crippen LogP contribution in [-0.2, 0) is 0 Å². The number of aliphatic imine (C=N–C) groups is 1. The highest BCUT2D eigenvalue weighted by Crippen LogP contribution is 2.25. The fourth-order valence-corrected chi connectivity index (χ4v) is 4.78. The molecule has 0 spiro atoms. The maximum atomic E-state index is 4.46. The number of likely N-dealkylation sites (N-methyl/N-ethyl adjacent to an activating group) is 1. The standard InChI is InChI=1S/C13H13BrN2S2.C11H14N2/c1-3-10(14)5-4-9(2)16-13-12-11(6-7-17-12)15-8-18-13;1-9-3-5-10(6-4-9)11-12-7-8-13(11)2/h3-8,15-16H,2H2,1H3;3-6H,7-8H2,1-2H3/b5-4-,10-3+;. The van der Waals surface area contributed by atoms with Gasteiger partial charge in [0.2, 0.25) is 0 Å². The summed E-state index contributed by atoms with van der Waals surface area (Å²) in [5.41, 5.74) is 6.50. The molecule has 2 aliphatic rings. The SMILES string of the molecule is C=C(/C=C\C(Br)=C/C)NC1=S=CNc2ccsc21.Cc1ccc(C2=NCCN2C)cc1. The minimum absolute atomic E-state index is 0.867. The van der Waals surface area contributed by atoms with Gasteiger partial charge in [0.25, 0.3) is 0 Å². The second kappa shape index (κ2) is 11.3. The average molecular weight is 516 g/mol. The number of hydrogen-bond donors (Lipinski definition) is 2. The number of allylic oxidation sites excluding steroid dienone is 4. The Balaban J connectivity index is 0.000000185. The van der Waals surface area contributed by atoms with Crippen LogP contribution in [0.25, 0.3) is 0 Å². The van der Waals surface area contributed by atoms with E-state index in [0.29, 0.717) is 0 Å². The van der Waals surface area contributed by atoms with E-state index in [4.69, 9.17) is 0 Å². The molecule has 0 unspecified atom stereocenters. The highest BCUT2D eigenvalue weighted by atomic mass is 79.9. The number of hydrogen-bond acceptors (Lipinski definition) is 5. The summed E-state index contributed by atoms with van der Waals surface area (Å²) in [5.74, 6) is 1.13. The Labute approximate surface area is 200 Å². The molecule has 162 valence electrons. The monoisotopic (exact) mass is 514 g/mol. The molecule has 0 saturated carbocycles. The topological polar surface area (TPSA) is 39.7 Å². The first kappa shape index (κ1) is 23.3. The molecule has 0 bridgehead atoms. The maximum Gasteiger partial charge on any atom is 0.130 e. The van der Waals surface area contributed by atoms with Crippen molar-refractivity contribution in [1.29, 1.82) is 0 Å². The quantitative estimate of drug-likeness (QED) is 0.400. The largest absolute Gasteiger partial charge is 0.358 e. The van der Waals surface area contributed by atoms with Crippen molar-refractivity contribution in [3.05, 3.63) is 86.7 Å². The summed E-state index contributed by atoms with van der Waals surface area (Å²) in [6.07, 6.45) is 5.91. The van der Waals surface area contributed by atoms with Gasteiger partial charge in [-0.05, 0) is 37.4 Å². The van der Waals surface area contributed by atoms with Crippen LogP contribution in [0.15, 0.2) is 75.7 Å². The second-order valence-electron chi connectivity index (χ2n) is 7.02. The van der Waals surface area contributed by atoms with E-state index in [-0.39, 0.29) is 0 Å². The van der Waals surface area contributed by atoms with E-state index in [1.807, 2.05) is 30.6 Å². The zero-order chi connectivity index (χ0) is 22.2. The normalized spacial score (nSPS) is 15.2. The molecule has 0 atom stereocenters. The van der Waals surface area contributed by atoms with E-state index < -0.39 is 0 Å². The average Bonchev–Trinajstić information content (AvgIpc) is 3.42. The Morgan fingerprint density at radius 3 is 2.71 bits per heavy atom. The number of amidine groups is 1. The Kier molecular flexibility index (Phi) is 8.51. The van der Waals surface area contributed by atoms with Crippen molar-refractivity contribution >= 4 is 60.2 Å². The minimum atomic E-state index is 0.867. The first-order valence-corrected chi connectivity index (χ1v) is 12.5. The van der Waals surface area contributed by atoms with Crippen LogP contribution < -0.4 is 10.6 Å². The molecule has 4 nitrogen and oxygen atoms in total. The lowest BCUT2D eigenvalue weighted by Crippen LogP contribution is -2.23. The highest BCUT2D eigenvalue weighted by molar-refractivity contribution is 9.11. The van der Waals surface area contributed by atoms with Gasteiger partial charge in [-0.25, -0.2) is 0 Å². The van der Waals surface area contributed by atoms with Crippen LogP contribution in [0.4, 0.5) is 5.69 Å². The van der Waals surface area contributed by atoms with E-state index in [2.05, 4.69) is 92.7 Å². The number of rotatable bonds is 4. The Morgan fingerprint density at radius 2 is 2.03 bits per heavy atom. The van der Waals surface area contributed by atoms with Crippen molar-refractivity contribution in [2.75, 3.05) is 25.5 Å². The number of halogens is 1. The lowest BCUT2D eigenvalue weighted by molar-refractivity contribution is 0.557. The molecule has 1 aromatic carbocycles. The van der Waals surface area contributed by atoms with E-state index >= 15 is 0 Å². The summed E-state index contributed by atoms with van der Waals surface area (Å²) in [5, 5.41) is 8.64. The third-order valence-electron chi connectivity index (χ3n) is 4.62. The maximum absolute atomic E-state index is 4.46. The first-order valence-electron chi connectivity index (χ1n) is 9.96. The van der Waals surface area contributed by atoms with Crippen LogP contribution in [0.3, 0.4) is 0 Å². The fourth-order valence-electron chi connectivity index (χ4n) is 2.90. The smallest absolute Gasteiger partial charge is 0.130 e. The molecule has 2 aliphatic heterocycles. The molecule has 31 heavy (non-hydrogen) atoms. The van der Waals surface area contributed by atoms with Crippen molar-refractivity contribution < 1.29 is 0 Å². The molecule has 2 aromatic rings. The van der Waals surface area contributed by atoms with Crippen molar-refractivity contribution in [2.45, 2.75) is 13.8 Å². The van der Waals surface area contributed by atoms with Gasteiger partial charge in [-0.2, -0.15) is 0 Å². The molecule has 0 fully saturated rings. The van der Waals surface area contributed by atoms with Crippen molar-refractivity contribution in [3.8, 4) is 0 Å². The molecule has 4 rings (SSSR count). The van der Waals surface area contributed by atoms with E-state index in [9.17, 15) is 0 Å². The Hall–Kier alpha value is -2.35. The molecular weight excluding hydrogens is 488 g/mol. The third kappa shape index (κ3) is 6.56. The van der Waals surface area contributed by atoms with E-state index in [1.54, 1.807) is 22.3 Å². The predicted octanol–water partition coefficient (Wildman–Crippen LogP) is 5.79. The summed E-state index contributed by atoms with van der Waals surface area (Å²) in [7, 11) is 3.73. The summed E-state index contributed by atoms with van der Waals surface area (Å²) in [6.45, 7) is 10.1. The number of benzene rings is 1. The van der Waals surface area contributed by atoms with Crippen molar-refractivity contribution in [3.63, 3.8) is 0 Å². The van der Waals surface area contributed by atoms with Gasteiger partial charge in [0.05, 0.1) is 22.6 Å². The Bertz CT molecular complexity index is 1090. The lowest BCUT2D eigenvalue weighted by atomic mass is 10.1. The summed E-state index contributed by atoms with van der Waals surface area (Å²) in [6, 6.07) is 10.6. The molecule has 7 heteroatoms. The number of fused-ring (bicyclic) bond motifs is 1. The number of aryl methyl sites for hydroxylation is 1. The van der Waals surface area contributed by atoms with Gasteiger partial charge >= 0.3 is 0 Å². The molecule has 3 heterocycles. The zero-order valence-electron chi connectivity index (χ0n) is 18.0. The fraction of sp³-hybridized carbons (Fsp3) is 0.208. The summed E-state index contributed by atoms with van der Waals surface area (Å²) < 4.78 is 1.04.